The van der Waals surface area contributed by atoms with E-state index in [0.29, 0.717) is 5.88 Å². The fourth-order valence-electron chi connectivity index (χ4n) is 2.44. The standard InChI is InChI=1S/C17H12N4OS/c1-22-14-6-5-11(8-19-14)12-9-23-17-15(12)16(20-10-21-17)13-4-2-3-7-18-13/h2-10H,1H3. The van der Waals surface area contributed by atoms with Gasteiger partial charge in [-0.2, -0.15) is 0 Å². The molecular weight excluding hydrogens is 308 g/mol. The molecule has 4 rings (SSSR count). The monoisotopic (exact) mass is 320 g/mol. The zero-order valence-corrected chi connectivity index (χ0v) is 13.1. The van der Waals surface area contributed by atoms with E-state index in [9.17, 15) is 0 Å². The van der Waals surface area contributed by atoms with E-state index in [-0.39, 0.29) is 0 Å². The molecule has 0 aliphatic heterocycles. The van der Waals surface area contributed by atoms with Gasteiger partial charge in [-0.15, -0.1) is 11.3 Å². The van der Waals surface area contributed by atoms with Gasteiger partial charge in [0.15, 0.2) is 0 Å². The Morgan fingerprint density at radius 3 is 2.70 bits per heavy atom. The predicted molar refractivity (Wildman–Crippen MR) is 90.4 cm³/mol. The molecule has 0 spiro atoms. The molecule has 0 unspecified atom stereocenters. The maximum Gasteiger partial charge on any atom is 0.212 e. The molecule has 0 saturated heterocycles. The van der Waals surface area contributed by atoms with Crippen molar-refractivity contribution in [3.05, 3.63) is 54.4 Å². The first-order chi connectivity index (χ1) is 11.4. The Morgan fingerprint density at radius 1 is 1.00 bits per heavy atom. The lowest BCUT2D eigenvalue weighted by Crippen LogP contribution is -1.91. The van der Waals surface area contributed by atoms with Crippen LogP contribution in [0, 0.1) is 0 Å². The van der Waals surface area contributed by atoms with Crippen LogP contribution in [0.15, 0.2) is 54.4 Å². The Hall–Kier alpha value is -2.86. The molecule has 0 saturated carbocycles. The van der Waals surface area contributed by atoms with Gasteiger partial charge in [-0.05, 0) is 18.2 Å². The molecular formula is C17H12N4OS. The Morgan fingerprint density at radius 2 is 1.96 bits per heavy atom. The minimum atomic E-state index is 0.592. The molecule has 0 radical (unpaired) electrons. The fourth-order valence-corrected chi connectivity index (χ4v) is 3.36. The van der Waals surface area contributed by atoms with Crippen LogP contribution in [0.25, 0.3) is 32.7 Å². The van der Waals surface area contributed by atoms with Crippen LogP contribution < -0.4 is 4.74 Å². The summed E-state index contributed by atoms with van der Waals surface area (Å²) < 4.78 is 5.12. The van der Waals surface area contributed by atoms with Crippen LogP contribution in [-0.4, -0.2) is 27.0 Å². The van der Waals surface area contributed by atoms with E-state index in [4.69, 9.17) is 4.74 Å². The van der Waals surface area contributed by atoms with Gasteiger partial charge in [-0.1, -0.05) is 6.07 Å². The molecule has 0 atom stereocenters. The molecule has 0 amide bonds. The highest BCUT2D eigenvalue weighted by Crippen LogP contribution is 2.37. The highest BCUT2D eigenvalue weighted by atomic mass is 32.1. The van der Waals surface area contributed by atoms with Crippen LogP contribution in [-0.2, 0) is 0 Å². The number of aromatic nitrogens is 4. The molecule has 0 fully saturated rings. The molecule has 23 heavy (non-hydrogen) atoms. The average molecular weight is 320 g/mol. The van der Waals surface area contributed by atoms with Gasteiger partial charge in [0.05, 0.1) is 12.8 Å². The quantitative estimate of drug-likeness (QED) is 0.574. The maximum atomic E-state index is 5.12. The molecule has 0 aromatic carbocycles. The molecule has 4 aromatic heterocycles. The number of thiophene rings is 1. The Labute approximate surface area is 136 Å². The summed E-state index contributed by atoms with van der Waals surface area (Å²) in [5.74, 6) is 0.592. The van der Waals surface area contributed by atoms with Crippen LogP contribution in [0.2, 0.25) is 0 Å². The van der Waals surface area contributed by atoms with Crippen molar-refractivity contribution < 1.29 is 4.74 Å². The SMILES string of the molecule is COc1ccc(-c2csc3ncnc(-c4ccccn4)c23)cn1. The fraction of sp³-hybridized carbons (Fsp3) is 0.0588. The minimum absolute atomic E-state index is 0.592. The first kappa shape index (κ1) is 13.8. The topological polar surface area (TPSA) is 60.8 Å². The highest BCUT2D eigenvalue weighted by Gasteiger charge is 2.15. The average Bonchev–Trinajstić information content (AvgIpc) is 3.07. The summed E-state index contributed by atoms with van der Waals surface area (Å²) in [7, 11) is 1.61. The molecule has 0 bridgehead atoms. The summed E-state index contributed by atoms with van der Waals surface area (Å²) in [5, 5.41) is 3.08. The first-order valence-electron chi connectivity index (χ1n) is 7.01. The smallest absolute Gasteiger partial charge is 0.212 e. The van der Waals surface area contributed by atoms with Crippen LogP contribution >= 0.6 is 11.3 Å². The number of ether oxygens (including phenoxy) is 1. The van der Waals surface area contributed by atoms with E-state index >= 15 is 0 Å². The Kier molecular flexibility index (Phi) is 3.44. The molecule has 4 aromatic rings. The van der Waals surface area contributed by atoms with Crippen molar-refractivity contribution in [3.8, 4) is 28.4 Å². The second kappa shape index (κ2) is 5.73. The van der Waals surface area contributed by atoms with Gasteiger partial charge in [0.1, 0.15) is 16.9 Å². The van der Waals surface area contributed by atoms with E-state index < -0.39 is 0 Å². The summed E-state index contributed by atoms with van der Waals surface area (Å²) in [6.45, 7) is 0. The van der Waals surface area contributed by atoms with E-state index in [2.05, 4.69) is 25.3 Å². The van der Waals surface area contributed by atoms with Gasteiger partial charge in [0, 0.05) is 40.4 Å². The Bertz CT molecular complexity index is 951. The number of nitrogens with zero attached hydrogens (tertiary/aromatic N) is 4. The van der Waals surface area contributed by atoms with Crippen molar-refractivity contribution in [1.82, 2.24) is 19.9 Å². The van der Waals surface area contributed by atoms with Gasteiger partial charge in [-0.3, -0.25) is 4.98 Å². The summed E-state index contributed by atoms with van der Waals surface area (Å²) in [6.07, 6.45) is 5.15. The number of hydrogen-bond acceptors (Lipinski definition) is 6. The van der Waals surface area contributed by atoms with Gasteiger partial charge in [0.2, 0.25) is 5.88 Å². The van der Waals surface area contributed by atoms with Gasteiger partial charge in [-0.25, -0.2) is 15.0 Å². The van der Waals surface area contributed by atoms with Gasteiger partial charge < -0.3 is 4.74 Å². The zero-order valence-electron chi connectivity index (χ0n) is 12.3. The number of rotatable bonds is 3. The molecule has 5 nitrogen and oxygen atoms in total. The van der Waals surface area contributed by atoms with Crippen LogP contribution in [0.5, 0.6) is 5.88 Å². The van der Waals surface area contributed by atoms with Crippen molar-refractivity contribution in [3.63, 3.8) is 0 Å². The number of pyridine rings is 2. The lowest BCUT2D eigenvalue weighted by Gasteiger charge is -2.05. The maximum absolute atomic E-state index is 5.12. The second-order valence-corrected chi connectivity index (χ2v) is 5.71. The molecule has 6 heteroatoms. The number of methoxy groups -OCH3 is 1. The summed E-state index contributed by atoms with van der Waals surface area (Å²) in [6, 6.07) is 9.64. The molecule has 4 heterocycles. The molecule has 0 aliphatic carbocycles. The first-order valence-corrected chi connectivity index (χ1v) is 7.89. The summed E-state index contributed by atoms with van der Waals surface area (Å²) in [4.78, 5) is 18.5. The van der Waals surface area contributed by atoms with Crippen molar-refractivity contribution in [2.45, 2.75) is 0 Å². The van der Waals surface area contributed by atoms with Crippen molar-refractivity contribution in [1.29, 1.82) is 0 Å². The van der Waals surface area contributed by atoms with Crippen LogP contribution in [0.3, 0.4) is 0 Å². The number of fused-ring (bicyclic) bond motifs is 1. The lowest BCUT2D eigenvalue weighted by molar-refractivity contribution is 0.398. The van der Waals surface area contributed by atoms with Crippen LogP contribution in [0.4, 0.5) is 0 Å². The second-order valence-electron chi connectivity index (χ2n) is 4.86. The van der Waals surface area contributed by atoms with E-state index in [1.54, 1.807) is 37.2 Å². The van der Waals surface area contributed by atoms with Crippen molar-refractivity contribution in [2.75, 3.05) is 7.11 Å². The molecule has 0 aliphatic rings. The third kappa shape index (κ3) is 2.43. The van der Waals surface area contributed by atoms with Gasteiger partial charge in [0.25, 0.3) is 0 Å². The molecule has 112 valence electrons. The third-order valence-corrected chi connectivity index (χ3v) is 4.42. The van der Waals surface area contributed by atoms with E-state index in [1.165, 1.54) is 0 Å². The lowest BCUT2D eigenvalue weighted by atomic mass is 10.1. The molecule has 0 N–H and O–H groups in total. The van der Waals surface area contributed by atoms with Crippen molar-refractivity contribution >= 4 is 21.6 Å². The largest absolute Gasteiger partial charge is 0.481 e. The van der Waals surface area contributed by atoms with Crippen LogP contribution in [0.1, 0.15) is 0 Å². The predicted octanol–water partition coefficient (Wildman–Crippen LogP) is 3.82. The normalized spacial score (nSPS) is 10.8. The van der Waals surface area contributed by atoms with E-state index in [0.717, 1.165) is 32.7 Å². The van der Waals surface area contributed by atoms with E-state index in [1.807, 2.05) is 30.3 Å². The third-order valence-electron chi connectivity index (χ3n) is 3.53. The zero-order chi connectivity index (χ0) is 15.6. The van der Waals surface area contributed by atoms with Crippen molar-refractivity contribution in [2.24, 2.45) is 0 Å². The highest BCUT2D eigenvalue weighted by molar-refractivity contribution is 7.17. The summed E-state index contributed by atoms with van der Waals surface area (Å²) in [5.41, 5.74) is 3.73. The summed E-state index contributed by atoms with van der Waals surface area (Å²) >= 11 is 1.59. The Balaban J connectivity index is 1.94. The van der Waals surface area contributed by atoms with Gasteiger partial charge >= 0.3 is 0 Å². The minimum Gasteiger partial charge on any atom is -0.481 e. The number of hydrogen-bond donors (Lipinski definition) is 0.